The van der Waals surface area contributed by atoms with Crippen molar-refractivity contribution in [2.24, 2.45) is 8.80 Å². The highest BCUT2D eigenvalue weighted by Crippen LogP contribution is 2.33. The van der Waals surface area contributed by atoms with Crippen molar-refractivity contribution >= 4 is 83.6 Å². The molecule has 0 fully saturated rings. The molecule has 0 saturated carbocycles. The Labute approximate surface area is 246 Å². The van der Waals surface area contributed by atoms with E-state index >= 15 is 0 Å². The van der Waals surface area contributed by atoms with Crippen LogP contribution in [0.1, 0.15) is 11.1 Å². The Morgan fingerprint density at radius 1 is 0.500 bits per heavy atom. The summed E-state index contributed by atoms with van der Waals surface area (Å²) in [6, 6.07) is 30.0. The van der Waals surface area contributed by atoms with E-state index in [0.717, 1.165) is 30.5 Å². The molecule has 4 rings (SSSR count). The molecule has 6 nitrogen and oxygen atoms in total. The zero-order valence-electron chi connectivity index (χ0n) is 19.3. The summed E-state index contributed by atoms with van der Waals surface area (Å²) in [5.74, 6) is 0. The van der Waals surface area contributed by atoms with Gasteiger partial charge in [0, 0.05) is 20.1 Å². The molecule has 194 valence electrons. The molecule has 0 aliphatic carbocycles. The monoisotopic (exact) mass is 708 g/mol. The molecule has 0 bridgehead atoms. The molecule has 0 saturated heterocycles. The second-order valence-corrected chi connectivity index (χ2v) is 14.7. The van der Waals surface area contributed by atoms with Gasteiger partial charge in [-0.1, -0.05) is 92.5 Å². The SMILES string of the molecule is O=S(=O)(N=C(SSC(=NS(=O)(=O)c1ccc(Br)cc1)c1ccccc1)c1ccccc1)c1ccc(Br)cc1. The van der Waals surface area contributed by atoms with Crippen molar-refractivity contribution in [1.82, 2.24) is 0 Å². The minimum atomic E-state index is -4.05. The van der Waals surface area contributed by atoms with Gasteiger partial charge >= 0.3 is 0 Å². The van der Waals surface area contributed by atoms with Crippen LogP contribution >= 0.6 is 53.4 Å². The van der Waals surface area contributed by atoms with Gasteiger partial charge in [-0.2, -0.15) is 25.6 Å². The first-order chi connectivity index (χ1) is 18.1. The molecule has 0 amide bonds. The summed E-state index contributed by atoms with van der Waals surface area (Å²) in [6.07, 6.45) is 0. The van der Waals surface area contributed by atoms with Crippen molar-refractivity contribution in [3.63, 3.8) is 0 Å². The van der Waals surface area contributed by atoms with Crippen LogP contribution in [-0.4, -0.2) is 26.9 Å². The third-order valence-corrected chi connectivity index (χ3v) is 11.0. The third-order valence-electron chi connectivity index (χ3n) is 4.87. The molecule has 38 heavy (non-hydrogen) atoms. The predicted molar refractivity (Wildman–Crippen MR) is 164 cm³/mol. The maximum absolute atomic E-state index is 13.1. The van der Waals surface area contributed by atoms with Gasteiger partial charge in [-0.25, -0.2) is 0 Å². The van der Waals surface area contributed by atoms with Gasteiger partial charge in [0.05, 0.1) is 9.79 Å². The highest BCUT2D eigenvalue weighted by molar-refractivity contribution is 9.10. The quantitative estimate of drug-likeness (QED) is 0.117. The van der Waals surface area contributed by atoms with Crippen LogP contribution in [0.4, 0.5) is 0 Å². The Morgan fingerprint density at radius 2 is 0.816 bits per heavy atom. The highest BCUT2D eigenvalue weighted by atomic mass is 79.9. The van der Waals surface area contributed by atoms with E-state index in [1.165, 1.54) is 24.3 Å². The molecule has 0 aliphatic rings. The molecular formula is C26H18Br2N2O4S4. The van der Waals surface area contributed by atoms with Crippen LogP contribution in [0.2, 0.25) is 0 Å². The maximum atomic E-state index is 13.1. The molecule has 4 aromatic rings. The third kappa shape index (κ3) is 7.67. The van der Waals surface area contributed by atoms with Crippen LogP contribution in [0.25, 0.3) is 0 Å². The molecular weight excluding hydrogens is 692 g/mol. The Kier molecular flexibility index (Phi) is 9.66. The normalized spacial score (nSPS) is 12.9. The van der Waals surface area contributed by atoms with Crippen molar-refractivity contribution < 1.29 is 16.8 Å². The van der Waals surface area contributed by atoms with Crippen LogP contribution in [0.5, 0.6) is 0 Å². The van der Waals surface area contributed by atoms with Crippen molar-refractivity contribution in [1.29, 1.82) is 0 Å². The number of sulfonamides is 2. The van der Waals surface area contributed by atoms with Crippen LogP contribution in [0.15, 0.2) is 137 Å². The largest absolute Gasteiger partial charge is 0.283 e. The zero-order valence-corrected chi connectivity index (χ0v) is 25.7. The molecule has 0 heterocycles. The lowest BCUT2D eigenvalue weighted by atomic mass is 10.2. The summed E-state index contributed by atoms with van der Waals surface area (Å²) in [5, 5.41) is 0.367. The summed E-state index contributed by atoms with van der Waals surface area (Å²) >= 11 is 6.61. The van der Waals surface area contributed by atoms with Crippen LogP contribution < -0.4 is 0 Å². The number of hydrogen-bond acceptors (Lipinski definition) is 6. The second kappa shape index (κ2) is 12.8. The maximum Gasteiger partial charge on any atom is 0.283 e. The molecule has 0 spiro atoms. The topological polar surface area (TPSA) is 93.0 Å². The lowest BCUT2D eigenvalue weighted by Crippen LogP contribution is -2.05. The first-order valence-corrected chi connectivity index (χ1v) is 17.4. The fraction of sp³-hybridized carbons (Fsp3) is 0. The van der Waals surface area contributed by atoms with Crippen LogP contribution in [0.3, 0.4) is 0 Å². The van der Waals surface area contributed by atoms with Crippen molar-refractivity contribution in [2.45, 2.75) is 9.79 Å². The Balaban J connectivity index is 1.74. The van der Waals surface area contributed by atoms with E-state index in [-0.39, 0.29) is 19.9 Å². The summed E-state index contributed by atoms with van der Waals surface area (Å²) in [7, 11) is -6.07. The van der Waals surface area contributed by atoms with Gasteiger partial charge in [-0.15, -0.1) is 0 Å². The van der Waals surface area contributed by atoms with Crippen molar-refractivity contribution in [3.05, 3.63) is 129 Å². The molecule has 0 unspecified atom stereocenters. The zero-order chi connectivity index (χ0) is 27.2. The van der Waals surface area contributed by atoms with Crippen molar-refractivity contribution in [2.75, 3.05) is 0 Å². The van der Waals surface area contributed by atoms with Crippen LogP contribution in [-0.2, 0) is 20.0 Å². The van der Waals surface area contributed by atoms with E-state index < -0.39 is 20.0 Å². The molecule has 12 heteroatoms. The lowest BCUT2D eigenvalue weighted by molar-refractivity contribution is 0.596. The van der Waals surface area contributed by atoms with Gasteiger partial charge in [0.2, 0.25) is 0 Å². The molecule has 4 aromatic carbocycles. The molecule has 0 aromatic heterocycles. The Hall–Kier alpha value is -2.22. The first-order valence-electron chi connectivity index (χ1n) is 10.8. The fourth-order valence-corrected chi connectivity index (χ4v) is 8.41. The average Bonchev–Trinajstić information content (AvgIpc) is 2.91. The highest BCUT2D eigenvalue weighted by Gasteiger charge is 2.20. The Bertz CT molecular complexity index is 1550. The van der Waals surface area contributed by atoms with E-state index in [4.69, 9.17) is 0 Å². The number of benzene rings is 4. The minimum absolute atomic E-state index is 0.0366. The number of hydrogen-bond donors (Lipinski definition) is 0. The van der Waals surface area contributed by atoms with Crippen molar-refractivity contribution in [3.8, 4) is 0 Å². The summed E-state index contributed by atoms with van der Waals surface area (Å²) < 4.78 is 62.2. The summed E-state index contributed by atoms with van der Waals surface area (Å²) in [6.45, 7) is 0. The minimum Gasteiger partial charge on any atom is -0.199 e. The average molecular weight is 711 g/mol. The molecule has 0 aliphatic heterocycles. The molecule has 0 radical (unpaired) electrons. The van der Waals surface area contributed by atoms with E-state index in [9.17, 15) is 16.8 Å². The van der Waals surface area contributed by atoms with E-state index in [2.05, 4.69) is 40.7 Å². The standard InChI is InChI=1S/C26H18Br2N2O4S4/c27-21-11-15-23(16-12-21)37(31,32)29-25(19-7-3-1-4-8-19)35-36-26(20-9-5-2-6-10-20)30-38(33,34)24-17-13-22(28)14-18-24/h1-18H. The molecule has 0 atom stereocenters. The van der Waals surface area contributed by atoms with E-state index in [1.54, 1.807) is 72.8 Å². The predicted octanol–water partition coefficient (Wildman–Crippen LogP) is 7.56. The van der Waals surface area contributed by atoms with E-state index in [0.29, 0.717) is 11.1 Å². The number of rotatable bonds is 6. The van der Waals surface area contributed by atoms with Gasteiger partial charge < -0.3 is 0 Å². The lowest BCUT2D eigenvalue weighted by Gasteiger charge is -2.10. The first kappa shape index (κ1) is 28.8. The van der Waals surface area contributed by atoms with Gasteiger partial charge in [-0.05, 0) is 70.1 Å². The van der Waals surface area contributed by atoms with Gasteiger partial charge in [0.1, 0.15) is 10.1 Å². The summed E-state index contributed by atoms with van der Waals surface area (Å²) in [5.41, 5.74) is 1.13. The fourth-order valence-electron chi connectivity index (χ4n) is 3.01. The Morgan fingerprint density at radius 3 is 1.13 bits per heavy atom. The smallest absolute Gasteiger partial charge is 0.199 e. The summed E-state index contributed by atoms with van der Waals surface area (Å²) in [4.78, 5) is 0.0731. The van der Waals surface area contributed by atoms with Gasteiger partial charge in [-0.3, -0.25) is 0 Å². The number of nitrogens with zero attached hydrogens (tertiary/aromatic N) is 2. The second-order valence-electron chi connectivity index (χ2n) is 7.55. The molecule has 0 N–H and O–H groups in total. The number of halogens is 2. The van der Waals surface area contributed by atoms with Gasteiger partial charge in [0.25, 0.3) is 20.0 Å². The van der Waals surface area contributed by atoms with E-state index in [1.807, 2.05) is 12.1 Å². The van der Waals surface area contributed by atoms with Crippen LogP contribution in [0, 0.1) is 0 Å². The van der Waals surface area contributed by atoms with Gasteiger partial charge in [0.15, 0.2) is 0 Å².